The number of aliphatic hydroxyl groups excluding tert-OH is 1. The van der Waals surface area contributed by atoms with Crippen LogP contribution in [0.3, 0.4) is 0 Å². The van der Waals surface area contributed by atoms with Gasteiger partial charge >= 0.3 is 0 Å². The fourth-order valence-electron chi connectivity index (χ4n) is 3.75. The average molecular weight is 386 g/mol. The Balaban J connectivity index is 1.57. The van der Waals surface area contributed by atoms with E-state index in [4.69, 9.17) is 4.74 Å². The van der Waals surface area contributed by atoms with E-state index >= 15 is 0 Å². The lowest BCUT2D eigenvalue weighted by Gasteiger charge is -2.25. The summed E-state index contributed by atoms with van der Waals surface area (Å²) < 4.78 is 8.17. The topological polar surface area (TPSA) is 46.4 Å². The maximum Gasteiger partial charge on any atom is 0.129 e. The highest BCUT2D eigenvalue weighted by Gasteiger charge is 2.21. The number of aromatic nitrogens is 1. The minimum absolute atomic E-state index is 0.239. The standard InChI is InChI=1S/C25H26N2O2/c1-26-25(23(28)17-19-9-4-2-5-10-19)27-16-15-21-22(27)13-8-14-24(21)29-18-20-11-6-3-7-12-20/h2-16,23,25-26,28H,17-18H2,1H3. The van der Waals surface area contributed by atoms with E-state index in [0.29, 0.717) is 13.0 Å². The zero-order chi connectivity index (χ0) is 20.1. The molecule has 29 heavy (non-hydrogen) atoms. The normalized spacial score (nSPS) is 13.3. The van der Waals surface area contributed by atoms with Gasteiger partial charge in [-0.05, 0) is 36.4 Å². The first-order valence-corrected chi connectivity index (χ1v) is 9.92. The highest BCUT2D eigenvalue weighted by Crippen LogP contribution is 2.30. The third-order valence-corrected chi connectivity index (χ3v) is 5.21. The van der Waals surface area contributed by atoms with E-state index < -0.39 is 6.10 Å². The number of nitrogens with zero attached hydrogens (tertiary/aromatic N) is 1. The number of hydrogen-bond acceptors (Lipinski definition) is 3. The van der Waals surface area contributed by atoms with Gasteiger partial charge in [0.05, 0.1) is 11.6 Å². The van der Waals surface area contributed by atoms with Gasteiger partial charge in [-0.3, -0.25) is 5.32 Å². The van der Waals surface area contributed by atoms with Crippen LogP contribution in [0.15, 0.2) is 91.1 Å². The molecule has 0 aliphatic carbocycles. The Morgan fingerprint density at radius 2 is 1.55 bits per heavy atom. The molecule has 0 amide bonds. The summed E-state index contributed by atoms with van der Waals surface area (Å²) in [5.41, 5.74) is 3.28. The van der Waals surface area contributed by atoms with Crippen LogP contribution >= 0.6 is 0 Å². The van der Waals surface area contributed by atoms with Crippen molar-refractivity contribution in [1.82, 2.24) is 9.88 Å². The zero-order valence-corrected chi connectivity index (χ0v) is 16.5. The van der Waals surface area contributed by atoms with Crippen LogP contribution in [0.1, 0.15) is 17.3 Å². The van der Waals surface area contributed by atoms with Gasteiger partial charge in [0.1, 0.15) is 18.5 Å². The third-order valence-electron chi connectivity index (χ3n) is 5.21. The Morgan fingerprint density at radius 1 is 0.862 bits per heavy atom. The highest BCUT2D eigenvalue weighted by atomic mass is 16.5. The molecule has 1 aromatic heterocycles. The first-order chi connectivity index (χ1) is 14.3. The van der Waals surface area contributed by atoms with Crippen molar-refractivity contribution in [2.24, 2.45) is 0 Å². The van der Waals surface area contributed by atoms with E-state index in [1.54, 1.807) is 0 Å². The number of hydrogen-bond donors (Lipinski definition) is 2. The van der Waals surface area contributed by atoms with Crippen LogP contribution in [0.2, 0.25) is 0 Å². The second kappa shape index (κ2) is 8.95. The summed E-state index contributed by atoms with van der Waals surface area (Å²) in [5.74, 6) is 0.845. The lowest BCUT2D eigenvalue weighted by atomic mass is 10.1. The maximum atomic E-state index is 10.9. The van der Waals surface area contributed by atoms with Crippen molar-refractivity contribution >= 4 is 10.9 Å². The summed E-state index contributed by atoms with van der Waals surface area (Å²) in [6, 6.07) is 28.3. The molecule has 2 atom stereocenters. The van der Waals surface area contributed by atoms with E-state index in [-0.39, 0.29) is 6.17 Å². The molecule has 0 fully saturated rings. The Morgan fingerprint density at radius 3 is 2.24 bits per heavy atom. The summed E-state index contributed by atoms with van der Waals surface area (Å²) in [6.45, 7) is 0.525. The molecule has 4 heteroatoms. The van der Waals surface area contributed by atoms with Gasteiger partial charge in [-0.15, -0.1) is 0 Å². The van der Waals surface area contributed by atoms with Crippen molar-refractivity contribution in [3.05, 3.63) is 102 Å². The van der Waals surface area contributed by atoms with Crippen molar-refractivity contribution in [1.29, 1.82) is 0 Å². The summed E-state index contributed by atoms with van der Waals surface area (Å²) in [7, 11) is 1.88. The lowest BCUT2D eigenvalue weighted by molar-refractivity contribution is 0.100. The monoisotopic (exact) mass is 386 g/mol. The number of fused-ring (bicyclic) bond motifs is 1. The van der Waals surface area contributed by atoms with E-state index in [0.717, 1.165) is 27.8 Å². The first-order valence-electron chi connectivity index (χ1n) is 9.92. The minimum atomic E-state index is -0.563. The smallest absolute Gasteiger partial charge is 0.129 e. The first kappa shape index (κ1) is 19.2. The molecule has 0 saturated carbocycles. The summed E-state index contributed by atoms with van der Waals surface area (Å²) >= 11 is 0. The van der Waals surface area contributed by atoms with E-state index in [1.165, 1.54) is 0 Å². The number of nitrogens with one attached hydrogen (secondary N) is 1. The largest absolute Gasteiger partial charge is 0.488 e. The molecule has 3 aromatic carbocycles. The van der Waals surface area contributed by atoms with E-state index in [1.807, 2.05) is 73.9 Å². The van der Waals surface area contributed by atoms with Crippen LogP contribution < -0.4 is 10.1 Å². The molecule has 0 aliphatic heterocycles. The van der Waals surface area contributed by atoms with Crippen LogP contribution in [-0.2, 0) is 13.0 Å². The Bertz CT molecular complexity index is 1040. The Hall–Kier alpha value is -3.08. The van der Waals surface area contributed by atoms with Crippen molar-refractivity contribution < 1.29 is 9.84 Å². The molecular formula is C25H26N2O2. The van der Waals surface area contributed by atoms with Crippen LogP contribution in [0.25, 0.3) is 10.9 Å². The number of likely N-dealkylation sites (N-methyl/N-ethyl adjacent to an activating group) is 1. The van der Waals surface area contributed by atoms with Gasteiger partial charge in [-0.1, -0.05) is 66.7 Å². The molecule has 4 nitrogen and oxygen atoms in total. The zero-order valence-electron chi connectivity index (χ0n) is 16.5. The van der Waals surface area contributed by atoms with Crippen molar-refractivity contribution in [3.8, 4) is 5.75 Å². The molecule has 0 radical (unpaired) electrons. The molecule has 1 heterocycles. The number of aliphatic hydroxyl groups is 1. The summed E-state index contributed by atoms with van der Waals surface area (Å²) in [5, 5.41) is 15.2. The predicted octanol–water partition coefficient (Wildman–Crippen LogP) is 4.54. The average Bonchev–Trinajstić information content (AvgIpc) is 3.19. The molecule has 148 valence electrons. The molecule has 0 aliphatic rings. The highest BCUT2D eigenvalue weighted by molar-refractivity contribution is 5.86. The van der Waals surface area contributed by atoms with Crippen LogP contribution in [0.5, 0.6) is 5.75 Å². The predicted molar refractivity (Wildman–Crippen MR) is 117 cm³/mol. The maximum absolute atomic E-state index is 10.9. The second-order valence-corrected chi connectivity index (χ2v) is 7.18. The fraction of sp³-hybridized carbons (Fsp3) is 0.200. The van der Waals surface area contributed by atoms with Gasteiger partial charge in [-0.25, -0.2) is 0 Å². The van der Waals surface area contributed by atoms with Crippen LogP contribution in [0, 0.1) is 0 Å². The molecule has 0 saturated heterocycles. The number of ether oxygens (including phenoxy) is 1. The fourth-order valence-corrected chi connectivity index (χ4v) is 3.75. The van der Waals surface area contributed by atoms with Crippen LogP contribution in [0.4, 0.5) is 0 Å². The summed E-state index contributed by atoms with van der Waals surface area (Å²) in [4.78, 5) is 0. The van der Waals surface area contributed by atoms with Crippen molar-refractivity contribution in [2.75, 3.05) is 7.05 Å². The van der Waals surface area contributed by atoms with E-state index in [2.05, 4.69) is 34.1 Å². The number of rotatable bonds is 8. The van der Waals surface area contributed by atoms with Gasteiger partial charge in [0.25, 0.3) is 0 Å². The minimum Gasteiger partial charge on any atom is -0.488 e. The Kier molecular flexibility index (Phi) is 5.94. The second-order valence-electron chi connectivity index (χ2n) is 7.18. The van der Waals surface area contributed by atoms with Gasteiger partial charge in [-0.2, -0.15) is 0 Å². The van der Waals surface area contributed by atoms with Crippen molar-refractivity contribution in [2.45, 2.75) is 25.3 Å². The van der Waals surface area contributed by atoms with Crippen molar-refractivity contribution in [3.63, 3.8) is 0 Å². The van der Waals surface area contributed by atoms with Gasteiger partial charge in [0.2, 0.25) is 0 Å². The SMILES string of the molecule is CNC(C(O)Cc1ccccc1)n1ccc2c(OCc3ccccc3)cccc21. The van der Waals surface area contributed by atoms with Crippen LogP contribution in [-0.4, -0.2) is 22.8 Å². The Labute approximate surface area is 171 Å². The molecule has 2 unspecified atom stereocenters. The van der Waals surface area contributed by atoms with Gasteiger partial charge in [0, 0.05) is 18.0 Å². The quantitative estimate of drug-likeness (QED) is 0.467. The molecular weight excluding hydrogens is 360 g/mol. The summed E-state index contributed by atoms with van der Waals surface area (Å²) in [6.07, 6.45) is 1.79. The number of benzene rings is 3. The molecule has 2 N–H and O–H groups in total. The molecule has 4 aromatic rings. The third kappa shape index (κ3) is 4.34. The van der Waals surface area contributed by atoms with Gasteiger partial charge in [0.15, 0.2) is 0 Å². The lowest BCUT2D eigenvalue weighted by Crippen LogP contribution is -2.35. The molecule has 0 bridgehead atoms. The van der Waals surface area contributed by atoms with Gasteiger partial charge < -0.3 is 14.4 Å². The molecule has 4 rings (SSSR count). The molecule has 0 spiro atoms. The van der Waals surface area contributed by atoms with E-state index in [9.17, 15) is 5.11 Å².